The predicted octanol–water partition coefficient (Wildman–Crippen LogP) is 0.782. The first-order chi connectivity index (χ1) is 8.15. The summed E-state index contributed by atoms with van der Waals surface area (Å²) >= 11 is 5.92. The molecule has 0 saturated heterocycles. The van der Waals surface area contributed by atoms with Crippen molar-refractivity contribution < 1.29 is 14.6 Å². The number of rotatable bonds is 6. The number of aliphatic hydroxyl groups excluding tert-OH is 1. The Labute approximate surface area is 105 Å². The molecule has 0 aliphatic rings. The van der Waals surface area contributed by atoms with E-state index in [0.29, 0.717) is 23.7 Å². The highest BCUT2D eigenvalue weighted by Gasteiger charge is 2.10. The van der Waals surface area contributed by atoms with Gasteiger partial charge in [0.2, 0.25) is 0 Å². The molecule has 17 heavy (non-hydrogen) atoms. The second-order valence-electron chi connectivity index (χ2n) is 3.40. The van der Waals surface area contributed by atoms with Crippen LogP contribution in [0, 0.1) is 6.92 Å². The topological polar surface area (TPSA) is 71.5 Å². The predicted molar refractivity (Wildman–Crippen MR) is 64.2 cm³/mol. The van der Waals surface area contributed by atoms with Crippen LogP contribution < -0.4 is 5.32 Å². The number of halogens is 1. The Morgan fingerprint density at radius 1 is 1.59 bits per heavy atom. The molecule has 1 amide bonds. The van der Waals surface area contributed by atoms with Gasteiger partial charge in [-0.05, 0) is 13.0 Å². The van der Waals surface area contributed by atoms with Crippen LogP contribution in [0.3, 0.4) is 0 Å². The number of pyridine rings is 1. The van der Waals surface area contributed by atoms with Crippen molar-refractivity contribution in [2.45, 2.75) is 6.92 Å². The standard InChI is InChI=1S/C11H15ClN2O3/c1-8-6-10(12)9(7-14-8)11(16)13-2-4-17-5-3-15/h6-7,15H,2-5H2,1H3,(H,13,16). The lowest BCUT2D eigenvalue weighted by Crippen LogP contribution is -2.28. The van der Waals surface area contributed by atoms with Crippen LogP contribution in [0.4, 0.5) is 0 Å². The number of amides is 1. The molecular formula is C11H15ClN2O3. The number of hydrogen-bond donors (Lipinski definition) is 2. The molecule has 0 aromatic carbocycles. The molecule has 1 aromatic heterocycles. The van der Waals surface area contributed by atoms with Gasteiger partial charge < -0.3 is 15.2 Å². The van der Waals surface area contributed by atoms with E-state index in [9.17, 15) is 4.79 Å². The van der Waals surface area contributed by atoms with E-state index < -0.39 is 0 Å². The quantitative estimate of drug-likeness (QED) is 0.740. The zero-order chi connectivity index (χ0) is 12.7. The molecule has 0 spiro atoms. The molecule has 0 bridgehead atoms. The van der Waals surface area contributed by atoms with E-state index in [0.717, 1.165) is 5.69 Å². The summed E-state index contributed by atoms with van der Waals surface area (Å²) in [6.07, 6.45) is 1.45. The summed E-state index contributed by atoms with van der Waals surface area (Å²) in [5, 5.41) is 11.5. The maximum absolute atomic E-state index is 11.7. The average Bonchev–Trinajstić information content (AvgIpc) is 2.28. The SMILES string of the molecule is Cc1cc(Cl)c(C(=O)NCCOCCO)cn1. The van der Waals surface area contributed by atoms with Crippen molar-refractivity contribution in [2.75, 3.05) is 26.4 Å². The van der Waals surface area contributed by atoms with Gasteiger partial charge in [0.25, 0.3) is 5.91 Å². The first-order valence-electron chi connectivity index (χ1n) is 5.24. The second-order valence-corrected chi connectivity index (χ2v) is 3.80. The molecule has 2 N–H and O–H groups in total. The van der Waals surface area contributed by atoms with Gasteiger partial charge in [0, 0.05) is 18.4 Å². The fraction of sp³-hybridized carbons (Fsp3) is 0.455. The van der Waals surface area contributed by atoms with E-state index >= 15 is 0 Å². The Morgan fingerprint density at radius 2 is 2.35 bits per heavy atom. The smallest absolute Gasteiger partial charge is 0.254 e. The average molecular weight is 259 g/mol. The summed E-state index contributed by atoms with van der Waals surface area (Å²) in [6.45, 7) is 2.76. The number of carbonyl (C=O) groups is 1. The number of ether oxygens (including phenoxy) is 1. The van der Waals surface area contributed by atoms with E-state index in [1.807, 2.05) is 0 Å². The van der Waals surface area contributed by atoms with Crippen molar-refractivity contribution in [1.82, 2.24) is 10.3 Å². The van der Waals surface area contributed by atoms with E-state index in [4.69, 9.17) is 21.4 Å². The zero-order valence-corrected chi connectivity index (χ0v) is 10.3. The number of carbonyl (C=O) groups excluding carboxylic acids is 1. The molecule has 1 aromatic rings. The number of aromatic nitrogens is 1. The number of nitrogens with one attached hydrogen (secondary N) is 1. The lowest BCUT2D eigenvalue weighted by atomic mass is 10.2. The van der Waals surface area contributed by atoms with Gasteiger partial charge in [0.15, 0.2) is 0 Å². The molecule has 6 heteroatoms. The lowest BCUT2D eigenvalue weighted by molar-refractivity contribution is 0.0838. The number of aliphatic hydroxyl groups is 1. The van der Waals surface area contributed by atoms with Crippen LogP contribution in [-0.2, 0) is 4.74 Å². The van der Waals surface area contributed by atoms with Crippen molar-refractivity contribution in [3.8, 4) is 0 Å². The Balaban J connectivity index is 2.42. The molecule has 5 nitrogen and oxygen atoms in total. The largest absolute Gasteiger partial charge is 0.394 e. The van der Waals surface area contributed by atoms with E-state index in [1.165, 1.54) is 6.20 Å². The van der Waals surface area contributed by atoms with Gasteiger partial charge in [-0.3, -0.25) is 9.78 Å². The monoisotopic (exact) mass is 258 g/mol. The highest BCUT2D eigenvalue weighted by molar-refractivity contribution is 6.33. The molecule has 0 saturated carbocycles. The normalized spacial score (nSPS) is 10.3. The molecule has 1 heterocycles. The van der Waals surface area contributed by atoms with Crippen LogP contribution in [0.1, 0.15) is 16.1 Å². The molecule has 1 rings (SSSR count). The van der Waals surface area contributed by atoms with Gasteiger partial charge in [0.1, 0.15) is 0 Å². The van der Waals surface area contributed by atoms with Crippen molar-refractivity contribution in [3.05, 3.63) is 28.5 Å². The third-order valence-electron chi connectivity index (χ3n) is 2.00. The molecule has 0 aliphatic carbocycles. The summed E-state index contributed by atoms with van der Waals surface area (Å²) in [4.78, 5) is 15.7. The maximum atomic E-state index is 11.7. The summed E-state index contributed by atoms with van der Waals surface area (Å²) in [6, 6.07) is 1.64. The second kappa shape index (κ2) is 7.21. The molecule has 0 aliphatic heterocycles. The molecular weight excluding hydrogens is 244 g/mol. The van der Waals surface area contributed by atoms with Gasteiger partial charge in [-0.25, -0.2) is 0 Å². The van der Waals surface area contributed by atoms with E-state index in [1.54, 1.807) is 13.0 Å². The Kier molecular flexibility index (Phi) is 5.90. The fourth-order valence-corrected chi connectivity index (χ4v) is 1.48. The van der Waals surface area contributed by atoms with Crippen molar-refractivity contribution in [1.29, 1.82) is 0 Å². The minimum Gasteiger partial charge on any atom is -0.394 e. The Hall–Kier alpha value is -1.17. The summed E-state index contributed by atoms with van der Waals surface area (Å²) in [5.41, 5.74) is 1.11. The summed E-state index contributed by atoms with van der Waals surface area (Å²) in [5.74, 6) is -0.282. The summed E-state index contributed by atoms with van der Waals surface area (Å²) in [7, 11) is 0. The highest BCUT2D eigenvalue weighted by Crippen LogP contribution is 2.15. The molecule has 0 unspecified atom stereocenters. The van der Waals surface area contributed by atoms with E-state index in [2.05, 4.69) is 10.3 Å². The van der Waals surface area contributed by atoms with Gasteiger partial charge in [-0.1, -0.05) is 11.6 Å². The molecule has 0 atom stereocenters. The van der Waals surface area contributed by atoms with Crippen LogP contribution in [-0.4, -0.2) is 42.4 Å². The van der Waals surface area contributed by atoms with Gasteiger partial charge in [-0.15, -0.1) is 0 Å². The van der Waals surface area contributed by atoms with Crippen molar-refractivity contribution in [3.63, 3.8) is 0 Å². The fourth-order valence-electron chi connectivity index (χ4n) is 1.19. The number of hydrogen-bond acceptors (Lipinski definition) is 4. The van der Waals surface area contributed by atoms with Gasteiger partial charge in [-0.2, -0.15) is 0 Å². The van der Waals surface area contributed by atoms with Crippen LogP contribution in [0.15, 0.2) is 12.3 Å². The van der Waals surface area contributed by atoms with E-state index in [-0.39, 0.29) is 19.1 Å². The molecule has 0 radical (unpaired) electrons. The number of nitrogens with zero attached hydrogens (tertiary/aromatic N) is 1. The van der Waals surface area contributed by atoms with Crippen LogP contribution >= 0.6 is 11.6 Å². The van der Waals surface area contributed by atoms with Gasteiger partial charge >= 0.3 is 0 Å². The molecule has 0 fully saturated rings. The maximum Gasteiger partial charge on any atom is 0.254 e. The zero-order valence-electron chi connectivity index (χ0n) is 9.57. The van der Waals surface area contributed by atoms with Crippen molar-refractivity contribution >= 4 is 17.5 Å². The minimum atomic E-state index is -0.282. The summed E-state index contributed by atoms with van der Waals surface area (Å²) < 4.78 is 5.01. The lowest BCUT2D eigenvalue weighted by Gasteiger charge is -2.07. The number of aryl methyl sites for hydroxylation is 1. The molecule has 94 valence electrons. The Bertz CT molecular complexity index is 385. The third-order valence-corrected chi connectivity index (χ3v) is 2.32. The first-order valence-corrected chi connectivity index (χ1v) is 5.62. The van der Waals surface area contributed by atoms with Crippen LogP contribution in [0.2, 0.25) is 5.02 Å². The van der Waals surface area contributed by atoms with Crippen LogP contribution in [0.25, 0.3) is 0 Å². The van der Waals surface area contributed by atoms with Gasteiger partial charge in [0.05, 0.1) is 30.4 Å². The minimum absolute atomic E-state index is 0.0261. The van der Waals surface area contributed by atoms with Crippen molar-refractivity contribution in [2.24, 2.45) is 0 Å². The van der Waals surface area contributed by atoms with Crippen LogP contribution in [0.5, 0.6) is 0 Å². The first kappa shape index (κ1) is 13.9. The third kappa shape index (κ3) is 4.68. The Morgan fingerprint density at radius 3 is 3.00 bits per heavy atom. The highest BCUT2D eigenvalue weighted by atomic mass is 35.5.